The van der Waals surface area contributed by atoms with E-state index in [0.717, 1.165) is 4.88 Å². The zero-order chi connectivity index (χ0) is 15.0. The molecule has 0 radical (unpaired) electrons. The predicted molar refractivity (Wildman–Crippen MR) is 86.2 cm³/mol. The number of thiophene rings is 1. The minimum absolute atomic E-state index is 0.199. The summed E-state index contributed by atoms with van der Waals surface area (Å²) in [6.45, 7) is 0. The lowest BCUT2D eigenvalue weighted by atomic mass is 10.0. The summed E-state index contributed by atoms with van der Waals surface area (Å²) in [7, 11) is 1.60. The van der Waals surface area contributed by atoms with Gasteiger partial charge in [0.1, 0.15) is 11.4 Å². The van der Waals surface area contributed by atoms with E-state index >= 15 is 0 Å². The van der Waals surface area contributed by atoms with E-state index < -0.39 is 0 Å². The number of hydrogen-bond acceptors (Lipinski definition) is 5. The van der Waals surface area contributed by atoms with Crippen LogP contribution >= 0.6 is 34.5 Å². The molecule has 0 spiro atoms. The van der Waals surface area contributed by atoms with Crippen molar-refractivity contribution in [1.82, 2.24) is 5.16 Å². The first-order valence-corrected chi connectivity index (χ1v) is 7.57. The van der Waals surface area contributed by atoms with E-state index in [-0.39, 0.29) is 5.88 Å². The first kappa shape index (κ1) is 14.3. The molecule has 0 amide bonds. The molecule has 2 aromatic heterocycles. The van der Waals surface area contributed by atoms with Crippen molar-refractivity contribution < 1.29 is 9.26 Å². The molecule has 3 rings (SSSR count). The highest BCUT2D eigenvalue weighted by Gasteiger charge is 2.23. The SMILES string of the molecule is COc1ccsc1-c1noc(N)c1-c1ccc(Cl)cc1Cl. The van der Waals surface area contributed by atoms with Gasteiger partial charge in [-0.05, 0) is 23.6 Å². The highest BCUT2D eigenvalue weighted by atomic mass is 35.5. The van der Waals surface area contributed by atoms with Crippen molar-refractivity contribution in [2.45, 2.75) is 0 Å². The lowest BCUT2D eigenvalue weighted by molar-refractivity contribution is 0.416. The van der Waals surface area contributed by atoms with E-state index in [1.807, 2.05) is 11.4 Å². The molecule has 3 aromatic rings. The summed E-state index contributed by atoms with van der Waals surface area (Å²) < 4.78 is 10.5. The molecule has 0 bridgehead atoms. The standard InChI is InChI=1S/C14H10Cl2N2O2S/c1-19-10-4-5-21-13(10)12-11(14(17)20-18-12)8-3-2-7(15)6-9(8)16/h2-6H,17H2,1H3. The number of anilines is 1. The molecule has 0 unspecified atom stereocenters. The number of nitrogens with zero attached hydrogens (tertiary/aromatic N) is 1. The minimum atomic E-state index is 0.199. The third kappa shape index (κ3) is 2.48. The summed E-state index contributed by atoms with van der Waals surface area (Å²) in [5, 5.41) is 6.99. The van der Waals surface area contributed by atoms with Gasteiger partial charge in [0, 0.05) is 10.6 Å². The Labute approximate surface area is 135 Å². The molecule has 2 N–H and O–H groups in total. The Morgan fingerprint density at radius 3 is 2.81 bits per heavy atom. The summed E-state index contributed by atoms with van der Waals surface area (Å²) in [4.78, 5) is 0.832. The van der Waals surface area contributed by atoms with E-state index in [1.165, 1.54) is 11.3 Å². The highest BCUT2D eigenvalue weighted by molar-refractivity contribution is 7.14. The second-order valence-electron chi connectivity index (χ2n) is 4.21. The van der Waals surface area contributed by atoms with Crippen molar-refractivity contribution in [2.75, 3.05) is 12.8 Å². The van der Waals surface area contributed by atoms with Crippen LogP contribution in [0.4, 0.5) is 5.88 Å². The zero-order valence-corrected chi connectivity index (χ0v) is 13.2. The molecule has 0 aliphatic carbocycles. The third-order valence-corrected chi connectivity index (χ3v) is 4.43. The van der Waals surface area contributed by atoms with Crippen LogP contribution in [-0.4, -0.2) is 12.3 Å². The fourth-order valence-electron chi connectivity index (χ4n) is 2.04. The summed E-state index contributed by atoms with van der Waals surface area (Å²) in [6, 6.07) is 7.04. The molecule has 7 heteroatoms. The van der Waals surface area contributed by atoms with E-state index in [9.17, 15) is 0 Å². The van der Waals surface area contributed by atoms with Crippen LogP contribution in [0.15, 0.2) is 34.2 Å². The van der Waals surface area contributed by atoms with Gasteiger partial charge in [-0.1, -0.05) is 34.4 Å². The number of aromatic nitrogens is 1. The fraction of sp³-hybridized carbons (Fsp3) is 0.0714. The Hall–Kier alpha value is -1.69. The summed E-state index contributed by atoms with van der Waals surface area (Å²) >= 11 is 13.7. The number of nitrogen functional groups attached to an aromatic ring is 1. The molecule has 0 aliphatic heterocycles. The van der Waals surface area contributed by atoms with Gasteiger partial charge in [0.2, 0.25) is 5.88 Å². The molecular formula is C14H10Cl2N2O2S. The van der Waals surface area contributed by atoms with Crippen LogP contribution in [0.25, 0.3) is 21.7 Å². The lowest BCUT2D eigenvalue weighted by Gasteiger charge is -2.06. The molecule has 21 heavy (non-hydrogen) atoms. The first-order valence-electron chi connectivity index (χ1n) is 5.94. The maximum absolute atomic E-state index is 6.26. The summed E-state index contributed by atoms with van der Waals surface area (Å²) in [5.41, 5.74) is 7.87. The molecule has 0 aliphatic rings. The molecule has 4 nitrogen and oxygen atoms in total. The number of rotatable bonds is 3. The second-order valence-corrected chi connectivity index (χ2v) is 5.97. The van der Waals surface area contributed by atoms with Crippen LogP contribution in [0, 0.1) is 0 Å². The van der Waals surface area contributed by atoms with Gasteiger partial charge in [-0.2, -0.15) is 0 Å². The average Bonchev–Trinajstić information content (AvgIpc) is 3.05. The maximum Gasteiger partial charge on any atom is 0.230 e. The monoisotopic (exact) mass is 340 g/mol. The summed E-state index contributed by atoms with van der Waals surface area (Å²) in [5.74, 6) is 0.907. The van der Waals surface area contributed by atoms with Crippen molar-refractivity contribution in [3.8, 4) is 27.4 Å². The largest absolute Gasteiger partial charge is 0.495 e. The van der Waals surface area contributed by atoms with Gasteiger partial charge in [0.15, 0.2) is 0 Å². The number of hydrogen-bond donors (Lipinski definition) is 1. The Kier molecular flexibility index (Phi) is 3.80. The van der Waals surface area contributed by atoms with Crippen LogP contribution in [0.2, 0.25) is 10.0 Å². The minimum Gasteiger partial charge on any atom is -0.495 e. The van der Waals surface area contributed by atoms with Gasteiger partial charge in [-0.25, -0.2) is 0 Å². The number of halogens is 2. The molecule has 2 heterocycles. The zero-order valence-electron chi connectivity index (χ0n) is 10.9. The van der Waals surface area contributed by atoms with Gasteiger partial charge in [0.05, 0.1) is 22.6 Å². The highest BCUT2D eigenvalue weighted by Crippen LogP contribution is 2.44. The van der Waals surface area contributed by atoms with E-state index in [0.29, 0.717) is 32.6 Å². The molecule has 0 saturated heterocycles. The number of nitrogens with two attached hydrogens (primary N) is 1. The fourth-order valence-corrected chi connectivity index (χ4v) is 3.39. The van der Waals surface area contributed by atoms with E-state index in [2.05, 4.69) is 5.16 Å². The topological polar surface area (TPSA) is 61.3 Å². The predicted octanol–water partition coefficient (Wildman–Crippen LogP) is 4.97. The Morgan fingerprint density at radius 1 is 1.29 bits per heavy atom. The van der Waals surface area contributed by atoms with Crippen molar-refractivity contribution >= 4 is 40.4 Å². The number of methoxy groups -OCH3 is 1. The Morgan fingerprint density at radius 2 is 2.10 bits per heavy atom. The smallest absolute Gasteiger partial charge is 0.230 e. The van der Waals surface area contributed by atoms with E-state index in [1.54, 1.807) is 25.3 Å². The average molecular weight is 341 g/mol. The number of ether oxygens (including phenoxy) is 1. The van der Waals surface area contributed by atoms with Gasteiger partial charge in [-0.15, -0.1) is 11.3 Å². The van der Waals surface area contributed by atoms with Crippen LogP contribution < -0.4 is 10.5 Å². The molecular weight excluding hydrogens is 331 g/mol. The Balaban J connectivity index is 2.22. The second kappa shape index (κ2) is 5.60. The van der Waals surface area contributed by atoms with Crippen molar-refractivity contribution in [3.63, 3.8) is 0 Å². The molecule has 0 saturated carbocycles. The van der Waals surface area contributed by atoms with Gasteiger partial charge >= 0.3 is 0 Å². The van der Waals surface area contributed by atoms with Gasteiger partial charge in [0.25, 0.3) is 0 Å². The summed E-state index contributed by atoms with van der Waals surface area (Å²) in [6.07, 6.45) is 0. The van der Waals surface area contributed by atoms with Crippen LogP contribution in [0.3, 0.4) is 0 Å². The lowest BCUT2D eigenvalue weighted by Crippen LogP contribution is -1.89. The first-order chi connectivity index (χ1) is 10.1. The Bertz CT molecular complexity index is 798. The third-order valence-electron chi connectivity index (χ3n) is 2.98. The van der Waals surface area contributed by atoms with Crippen LogP contribution in [-0.2, 0) is 0 Å². The molecule has 108 valence electrons. The maximum atomic E-state index is 6.26. The molecule has 1 aromatic carbocycles. The van der Waals surface area contributed by atoms with Crippen LogP contribution in [0.5, 0.6) is 5.75 Å². The molecule has 0 atom stereocenters. The van der Waals surface area contributed by atoms with E-state index in [4.69, 9.17) is 38.2 Å². The molecule has 0 fully saturated rings. The van der Waals surface area contributed by atoms with Crippen molar-refractivity contribution in [2.24, 2.45) is 0 Å². The normalized spacial score (nSPS) is 10.8. The van der Waals surface area contributed by atoms with Crippen molar-refractivity contribution in [1.29, 1.82) is 0 Å². The van der Waals surface area contributed by atoms with Gasteiger partial charge in [-0.3, -0.25) is 0 Å². The van der Waals surface area contributed by atoms with Crippen LogP contribution in [0.1, 0.15) is 0 Å². The van der Waals surface area contributed by atoms with Crippen molar-refractivity contribution in [3.05, 3.63) is 39.7 Å². The quantitative estimate of drug-likeness (QED) is 0.731. The number of benzene rings is 1. The van der Waals surface area contributed by atoms with Gasteiger partial charge < -0.3 is 15.0 Å².